The zero-order valence-corrected chi connectivity index (χ0v) is 34.7. The topological polar surface area (TPSA) is 122 Å². The van der Waals surface area contributed by atoms with Crippen LogP contribution < -0.4 is 0 Å². The smallest absolute Gasteiger partial charge is 0.212 e. The summed E-state index contributed by atoms with van der Waals surface area (Å²) in [6.45, 7) is 16.8. The van der Waals surface area contributed by atoms with Crippen molar-refractivity contribution < 1.29 is 0 Å². The second-order valence-corrected chi connectivity index (χ2v) is 15.5. The van der Waals surface area contributed by atoms with Gasteiger partial charge in [-0.1, -0.05) is 18.2 Å². The van der Waals surface area contributed by atoms with Crippen LogP contribution in [-0.2, 0) is 0 Å². The lowest BCUT2D eigenvalue weighted by atomic mass is 10.00. The van der Waals surface area contributed by atoms with Crippen LogP contribution in [0.4, 0.5) is 11.4 Å². The SMILES string of the molecule is [C-]#[N+]c1cccc(-c2cc(-n3c4ccc(-c5ncccn5)cc4c4cc(-c5ncccn5)ccc43)c([N+]#[C-])cc2-n2c3ccc(-c4ncccn4)cc3c3cc(-c4ncccn4)ccc32)c1. The van der Waals surface area contributed by atoms with Gasteiger partial charge in [0.25, 0.3) is 0 Å². The highest BCUT2D eigenvalue weighted by Gasteiger charge is 2.24. The molecule has 0 saturated carbocycles. The van der Waals surface area contributed by atoms with Crippen molar-refractivity contribution in [1.82, 2.24) is 49.0 Å². The fraction of sp³-hybridized carbons (Fsp3) is 0. The Morgan fingerprint density at radius 2 is 0.712 bits per heavy atom. The molecule has 0 atom stereocenters. The third-order valence-electron chi connectivity index (χ3n) is 11.8. The van der Waals surface area contributed by atoms with Crippen molar-refractivity contribution in [3.8, 4) is 68.1 Å². The second kappa shape index (κ2) is 15.5. The van der Waals surface area contributed by atoms with Crippen molar-refractivity contribution in [2.45, 2.75) is 0 Å². The summed E-state index contributed by atoms with van der Waals surface area (Å²) in [5.41, 5.74) is 11.1. The van der Waals surface area contributed by atoms with E-state index in [-0.39, 0.29) is 0 Å². The molecule has 0 aliphatic rings. The molecule has 0 saturated heterocycles. The highest BCUT2D eigenvalue weighted by Crippen LogP contribution is 2.45. The lowest BCUT2D eigenvalue weighted by molar-refractivity contribution is 1.15. The fourth-order valence-corrected chi connectivity index (χ4v) is 8.91. The molecule has 66 heavy (non-hydrogen) atoms. The Labute approximate surface area is 376 Å². The number of hydrogen-bond donors (Lipinski definition) is 0. The fourth-order valence-electron chi connectivity index (χ4n) is 8.91. The Bertz CT molecular complexity index is 3750. The average molecular weight is 847 g/mol. The van der Waals surface area contributed by atoms with E-state index in [0.29, 0.717) is 40.4 Å². The third-order valence-corrected chi connectivity index (χ3v) is 11.8. The van der Waals surface area contributed by atoms with Crippen molar-refractivity contribution in [2.24, 2.45) is 0 Å². The van der Waals surface area contributed by atoms with Crippen molar-refractivity contribution in [2.75, 3.05) is 0 Å². The Morgan fingerprint density at radius 1 is 0.333 bits per heavy atom. The molecule has 12 nitrogen and oxygen atoms in total. The molecule has 0 bridgehead atoms. The van der Waals surface area contributed by atoms with Gasteiger partial charge in [-0.25, -0.2) is 49.6 Å². The summed E-state index contributed by atoms with van der Waals surface area (Å²) in [5, 5.41) is 3.81. The lowest BCUT2D eigenvalue weighted by Gasteiger charge is -2.19. The number of rotatable bonds is 7. The summed E-state index contributed by atoms with van der Waals surface area (Å²) in [6.07, 6.45) is 13.9. The molecule has 0 spiro atoms. The molecule has 12 aromatic rings. The molecule has 12 rings (SSSR count). The van der Waals surface area contributed by atoms with Gasteiger partial charge in [-0.15, -0.1) is 0 Å². The molecule has 6 aromatic heterocycles. The lowest BCUT2D eigenvalue weighted by Crippen LogP contribution is -2.01. The number of nitrogens with zero attached hydrogens (tertiary/aromatic N) is 12. The summed E-state index contributed by atoms with van der Waals surface area (Å²) < 4.78 is 4.36. The van der Waals surface area contributed by atoms with Gasteiger partial charge in [0.1, 0.15) is 0 Å². The predicted molar refractivity (Wildman–Crippen MR) is 257 cm³/mol. The first-order valence-electron chi connectivity index (χ1n) is 20.9. The number of fused-ring (bicyclic) bond motifs is 6. The molecule has 0 amide bonds. The molecule has 6 aromatic carbocycles. The Hall–Kier alpha value is -9.78. The molecule has 0 aliphatic carbocycles. The molecule has 6 heterocycles. The molecule has 0 radical (unpaired) electrons. The van der Waals surface area contributed by atoms with Gasteiger partial charge in [0.15, 0.2) is 29.0 Å². The largest absolute Gasteiger partial charge is 0.319 e. The van der Waals surface area contributed by atoms with Gasteiger partial charge in [0.05, 0.1) is 40.9 Å². The Morgan fingerprint density at radius 3 is 1.08 bits per heavy atom. The molecule has 0 aliphatic heterocycles. The first-order valence-corrected chi connectivity index (χ1v) is 20.9. The Balaban J connectivity index is 1.16. The number of hydrogen-bond acceptors (Lipinski definition) is 8. The van der Waals surface area contributed by atoms with E-state index in [9.17, 15) is 0 Å². The van der Waals surface area contributed by atoms with Crippen LogP contribution in [0.25, 0.3) is 121 Å². The molecule has 0 fully saturated rings. The minimum Gasteiger partial charge on any atom is -0.319 e. The van der Waals surface area contributed by atoms with Crippen LogP contribution in [0.2, 0.25) is 0 Å². The molecular weight excluding hydrogens is 817 g/mol. The van der Waals surface area contributed by atoms with E-state index in [1.54, 1.807) is 79.9 Å². The molecule has 0 N–H and O–H groups in total. The van der Waals surface area contributed by atoms with Crippen LogP contribution in [0, 0.1) is 13.1 Å². The third kappa shape index (κ3) is 6.29. The first kappa shape index (κ1) is 37.9. The standard InChI is InChI=1S/C54H30N12/c1-55-38-9-3-8-33(26-38)39-31-50(66-47-16-12-36(53-61-22-6-23-62-53)29-42(47)43-30-37(13-17-48(43)66)54-63-24-7-25-64-54)44(56-2)32-49(39)65-45-14-10-34(51-57-18-4-19-58-51)27-40(45)41-28-35(11-15-46(41)65)52-59-20-5-21-60-52/h3-32H. The normalized spacial score (nSPS) is 11.3. The minimum atomic E-state index is 0.429. The van der Waals surface area contributed by atoms with Crippen LogP contribution in [0.15, 0.2) is 183 Å². The van der Waals surface area contributed by atoms with E-state index >= 15 is 0 Å². The monoisotopic (exact) mass is 846 g/mol. The van der Waals surface area contributed by atoms with E-state index in [4.69, 9.17) is 13.1 Å². The quantitative estimate of drug-likeness (QED) is 0.145. The summed E-state index contributed by atoms with van der Waals surface area (Å²) in [4.78, 5) is 44.6. The maximum absolute atomic E-state index is 8.83. The summed E-state index contributed by atoms with van der Waals surface area (Å²) >= 11 is 0. The average Bonchev–Trinajstić information content (AvgIpc) is 3.90. The van der Waals surface area contributed by atoms with E-state index in [1.807, 2.05) is 48.5 Å². The highest BCUT2D eigenvalue weighted by atomic mass is 15.0. The van der Waals surface area contributed by atoms with Gasteiger partial charge >= 0.3 is 0 Å². The van der Waals surface area contributed by atoms with Crippen LogP contribution >= 0.6 is 0 Å². The molecule has 306 valence electrons. The maximum atomic E-state index is 8.83. The van der Waals surface area contributed by atoms with Crippen molar-refractivity contribution in [1.29, 1.82) is 0 Å². The summed E-state index contributed by atoms with van der Waals surface area (Å²) in [7, 11) is 0. The van der Waals surface area contributed by atoms with Gasteiger partial charge in [0.2, 0.25) is 5.69 Å². The van der Waals surface area contributed by atoms with Gasteiger partial charge in [-0.05, 0) is 121 Å². The highest BCUT2D eigenvalue weighted by molar-refractivity contribution is 6.14. The van der Waals surface area contributed by atoms with Crippen LogP contribution in [0.3, 0.4) is 0 Å². The van der Waals surface area contributed by atoms with Crippen LogP contribution in [0.1, 0.15) is 0 Å². The Kier molecular flexibility index (Phi) is 8.93. The van der Waals surface area contributed by atoms with Crippen molar-refractivity contribution >= 4 is 55.0 Å². The van der Waals surface area contributed by atoms with Gasteiger partial charge in [0, 0.05) is 105 Å². The van der Waals surface area contributed by atoms with Crippen molar-refractivity contribution in [3.63, 3.8) is 0 Å². The van der Waals surface area contributed by atoms with Gasteiger partial charge in [-0.3, -0.25) is 0 Å². The van der Waals surface area contributed by atoms with E-state index in [1.165, 1.54) is 0 Å². The first-order chi connectivity index (χ1) is 32.6. The zero-order valence-electron chi connectivity index (χ0n) is 34.7. The molecule has 0 unspecified atom stereocenters. The number of benzene rings is 6. The van der Waals surface area contributed by atoms with E-state index < -0.39 is 0 Å². The van der Waals surface area contributed by atoms with Crippen LogP contribution in [-0.4, -0.2) is 49.0 Å². The second-order valence-electron chi connectivity index (χ2n) is 15.5. The zero-order chi connectivity index (χ0) is 44.1. The maximum Gasteiger partial charge on any atom is 0.212 e. The van der Waals surface area contributed by atoms with Gasteiger partial charge < -0.3 is 9.13 Å². The minimum absolute atomic E-state index is 0.429. The van der Waals surface area contributed by atoms with Crippen LogP contribution in [0.5, 0.6) is 0 Å². The van der Waals surface area contributed by atoms with E-state index in [0.717, 1.165) is 82.7 Å². The van der Waals surface area contributed by atoms with Gasteiger partial charge in [-0.2, -0.15) is 0 Å². The van der Waals surface area contributed by atoms with Crippen molar-refractivity contribution in [3.05, 3.63) is 206 Å². The number of aromatic nitrogens is 10. The summed E-state index contributed by atoms with van der Waals surface area (Å²) in [5.74, 6) is 2.43. The predicted octanol–water partition coefficient (Wildman–Crippen LogP) is 12.5. The van der Waals surface area contributed by atoms with E-state index in [2.05, 4.69) is 113 Å². The molecular formula is C54H30N12. The molecule has 12 heteroatoms. The summed E-state index contributed by atoms with van der Waals surface area (Å²) in [6, 6.07) is 43.7.